The number of pyridine rings is 2. The van der Waals surface area contributed by atoms with Gasteiger partial charge in [-0.1, -0.05) is 18.2 Å². The van der Waals surface area contributed by atoms with Gasteiger partial charge in [0.25, 0.3) is 5.91 Å². The summed E-state index contributed by atoms with van der Waals surface area (Å²) in [6.45, 7) is 0. The molecule has 0 aliphatic rings. The van der Waals surface area contributed by atoms with E-state index in [0.717, 1.165) is 11.9 Å². The Kier molecular flexibility index (Phi) is 4.84. The molecule has 3 rings (SSSR count). The zero-order chi connectivity index (χ0) is 17.6. The van der Waals surface area contributed by atoms with Crippen LogP contribution in [0.15, 0.2) is 60.9 Å². The second-order valence-corrected chi connectivity index (χ2v) is 5.17. The Hall–Kier alpha value is -3.48. The topological polar surface area (TPSA) is 78.9 Å². The van der Waals surface area contributed by atoms with E-state index in [0.29, 0.717) is 22.9 Å². The first-order valence-corrected chi connectivity index (χ1v) is 7.58. The average Bonchev–Trinajstić information content (AvgIpc) is 2.64. The van der Waals surface area contributed by atoms with Crippen LogP contribution in [-0.2, 0) is 0 Å². The van der Waals surface area contributed by atoms with E-state index in [-0.39, 0.29) is 5.91 Å². The molecule has 0 bridgehead atoms. The maximum atomic E-state index is 13.0. The molecule has 6 nitrogen and oxygen atoms in total. The monoisotopic (exact) mass is 337 g/mol. The number of aromatic nitrogens is 2. The van der Waals surface area contributed by atoms with Gasteiger partial charge in [-0.15, -0.1) is 0 Å². The van der Waals surface area contributed by atoms with Gasteiger partial charge in [0.05, 0.1) is 17.4 Å². The van der Waals surface area contributed by atoms with Gasteiger partial charge >= 0.3 is 0 Å². The lowest BCUT2D eigenvalue weighted by molar-refractivity contribution is 0.0963. The maximum Gasteiger partial charge on any atom is 0.254 e. The molecule has 7 heteroatoms. The molecule has 0 saturated carbocycles. The van der Waals surface area contributed by atoms with Crippen molar-refractivity contribution in [2.45, 2.75) is 0 Å². The number of halogens is 1. The summed E-state index contributed by atoms with van der Waals surface area (Å²) >= 11 is 0. The minimum Gasteiger partial charge on any atom is -0.355 e. The molecule has 0 aliphatic carbocycles. The summed E-state index contributed by atoms with van der Waals surface area (Å²) in [7, 11) is 1.56. The molecule has 0 aliphatic heterocycles. The SMILES string of the molecule is CNC(=O)c1cnc(Nc2ccc(F)cn2)cc1Nc1ccccc1. The first-order valence-electron chi connectivity index (χ1n) is 7.58. The second-order valence-electron chi connectivity index (χ2n) is 5.17. The molecule has 0 fully saturated rings. The van der Waals surface area contributed by atoms with Gasteiger partial charge in [-0.3, -0.25) is 4.79 Å². The first-order chi connectivity index (χ1) is 12.2. The highest BCUT2D eigenvalue weighted by Gasteiger charge is 2.12. The molecule has 3 aromatic rings. The van der Waals surface area contributed by atoms with Crippen LogP contribution in [0.4, 0.5) is 27.4 Å². The molecule has 0 atom stereocenters. The van der Waals surface area contributed by atoms with Crippen molar-refractivity contribution in [3.05, 3.63) is 72.3 Å². The van der Waals surface area contributed by atoms with E-state index in [1.165, 1.54) is 18.3 Å². The smallest absolute Gasteiger partial charge is 0.254 e. The Bertz CT molecular complexity index is 868. The summed E-state index contributed by atoms with van der Waals surface area (Å²) in [6, 6.07) is 14.0. The van der Waals surface area contributed by atoms with E-state index in [9.17, 15) is 9.18 Å². The highest BCUT2D eigenvalue weighted by atomic mass is 19.1. The summed E-state index contributed by atoms with van der Waals surface area (Å²) in [4.78, 5) is 20.2. The molecule has 126 valence electrons. The predicted octanol–water partition coefficient (Wildman–Crippen LogP) is 3.46. The third-order valence-corrected chi connectivity index (χ3v) is 3.41. The highest BCUT2D eigenvalue weighted by molar-refractivity contribution is 6.00. The number of benzene rings is 1. The van der Waals surface area contributed by atoms with Crippen LogP contribution in [0.25, 0.3) is 0 Å². The van der Waals surface area contributed by atoms with Gasteiger partial charge in [0.2, 0.25) is 0 Å². The number of nitrogens with one attached hydrogen (secondary N) is 3. The van der Waals surface area contributed by atoms with Crippen molar-refractivity contribution in [1.82, 2.24) is 15.3 Å². The number of carbonyl (C=O) groups is 1. The third-order valence-electron chi connectivity index (χ3n) is 3.41. The quantitative estimate of drug-likeness (QED) is 0.664. The fourth-order valence-corrected chi connectivity index (χ4v) is 2.20. The molecule has 0 radical (unpaired) electrons. The van der Waals surface area contributed by atoms with Gasteiger partial charge in [-0.2, -0.15) is 0 Å². The molecule has 0 saturated heterocycles. The summed E-state index contributed by atoms with van der Waals surface area (Å²) in [5.74, 6) is 0.259. The first kappa shape index (κ1) is 16.4. The number of amides is 1. The zero-order valence-corrected chi connectivity index (χ0v) is 13.5. The lowest BCUT2D eigenvalue weighted by Gasteiger charge is -2.13. The van der Waals surface area contributed by atoms with E-state index in [2.05, 4.69) is 25.9 Å². The summed E-state index contributed by atoms with van der Waals surface area (Å²) in [5, 5.41) is 8.77. The van der Waals surface area contributed by atoms with Crippen molar-refractivity contribution in [1.29, 1.82) is 0 Å². The number of carbonyl (C=O) groups excluding carboxylic acids is 1. The van der Waals surface area contributed by atoms with Gasteiger partial charge in [0, 0.05) is 25.0 Å². The highest BCUT2D eigenvalue weighted by Crippen LogP contribution is 2.24. The number of para-hydroxylation sites is 1. The van der Waals surface area contributed by atoms with Gasteiger partial charge in [0.15, 0.2) is 0 Å². The third kappa shape index (κ3) is 4.08. The Morgan fingerprint density at radius 1 is 0.960 bits per heavy atom. The largest absolute Gasteiger partial charge is 0.355 e. The average molecular weight is 337 g/mol. The van der Waals surface area contributed by atoms with Crippen LogP contribution in [0.1, 0.15) is 10.4 Å². The lowest BCUT2D eigenvalue weighted by Crippen LogP contribution is -2.19. The van der Waals surface area contributed by atoms with Crippen LogP contribution in [-0.4, -0.2) is 22.9 Å². The van der Waals surface area contributed by atoms with E-state index in [4.69, 9.17) is 0 Å². The van der Waals surface area contributed by atoms with Gasteiger partial charge in [0.1, 0.15) is 17.5 Å². The van der Waals surface area contributed by atoms with Crippen molar-refractivity contribution in [2.24, 2.45) is 0 Å². The van der Waals surface area contributed by atoms with Crippen molar-refractivity contribution < 1.29 is 9.18 Å². The summed E-state index contributed by atoms with van der Waals surface area (Å²) < 4.78 is 13.0. The van der Waals surface area contributed by atoms with Gasteiger partial charge in [-0.05, 0) is 24.3 Å². The standard InChI is InChI=1S/C18H16FN5O/c1-20-18(25)14-11-22-17(24-16-8-7-12(19)10-21-16)9-15(14)23-13-5-3-2-4-6-13/h2-11H,1H3,(H,20,25)(H2,21,22,23,24). The molecule has 25 heavy (non-hydrogen) atoms. The van der Waals surface area contributed by atoms with Crippen LogP contribution >= 0.6 is 0 Å². The Morgan fingerprint density at radius 3 is 2.40 bits per heavy atom. The molecule has 0 spiro atoms. The van der Waals surface area contributed by atoms with Crippen molar-refractivity contribution in [2.75, 3.05) is 17.7 Å². The van der Waals surface area contributed by atoms with E-state index in [1.807, 2.05) is 30.3 Å². The molecular weight excluding hydrogens is 321 g/mol. The van der Waals surface area contributed by atoms with Crippen LogP contribution < -0.4 is 16.0 Å². The minimum atomic E-state index is -0.417. The lowest BCUT2D eigenvalue weighted by atomic mass is 10.2. The molecule has 3 N–H and O–H groups in total. The number of anilines is 4. The van der Waals surface area contributed by atoms with Gasteiger partial charge < -0.3 is 16.0 Å². The number of hydrogen-bond acceptors (Lipinski definition) is 5. The minimum absolute atomic E-state index is 0.252. The van der Waals surface area contributed by atoms with E-state index < -0.39 is 5.82 Å². The molecular formula is C18H16FN5O. The van der Waals surface area contributed by atoms with Crippen LogP contribution in [0, 0.1) is 5.82 Å². The Balaban J connectivity index is 1.91. The van der Waals surface area contributed by atoms with Crippen LogP contribution in [0.3, 0.4) is 0 Å². The van der Waals surface area contributed by atoms with Gasteiger partial charge in [-0.25, -0.2) is 14.4 Å². The Labute approximate surface area is 144 Å². The zero-order valence-electron chi connectivity index (χ0n) is 13.5. The molecule has 1 aromatic carbocycles. The molecule has 0 unspecified atom stereocenters. The Morgan fingerprint density at radius 2 is 1.72 bits per heavy atom. The summed E-state index contributed by atoms with van der Waals surface area (Å²) in [6.07, 6.45) is 2.58. The van der Waals surface area contributed by atoms with Crippen molar-refractivity contribution in [3.63, 3.8) is 0 Å². The van der Waals surface area contributed by atoms with Crippen molar-refractivity contribution in [3.8, 4) is 0 Å². The fraction of sp³-hybridized carbons (Fsp3) is 0.0556. The fourth-order valence-electron chi connectivity index (χ4n) is 2.20. The van der Waals surface area contributed by atoms with Crippen molar-refractivity contribution >= 4 is 28.9 Å². The predicted molar refractivity (Wildman–Crippen MR) is 94.8 cm³/mol. The normalized spacial score (nSPS) is 10.2. The summed E-state index contributed by atoms with van der Waals surface area (Å²) in [5.41, 5.74) is 1.83. The molecule has 1 amide bonds. The van der Waals surface area contributed by atoms with E-state index in [1.54, 1.807) is 13.1 Å². The number of nitrogens with zero attached hydrogens (tertiary/aromatic N) is 2. The van der Waals surface area contributed by atoms with Crippen LogP contribution in [0.5, 0.6) is 0 Å². The van der Waals surface area contributed by atoms with E-state index >= 15 is 0 Å². The van der Waals surface area contributed by atoms with Crippen LogP contribution in [0.2, 0.25) is 0 Å². The number of hydrogen-bond donors (Lipinski definition) is 3. The maximum absolute atomic E-state index is 13.0. The molecule has 2 heterocycles. The molecule has 2 aromatic heterocycles. The number of rotatable bonds is 5. The second kappa shape index (κ2) is 7.39.